The van der Waals surface area contributed by atoms with E-state index in [-0.39, 0.29) is 17.2 Å². The van der Waals surface area contributed by atoms with Crippen LogP contribution in [0.3, 0.4) is 0 Å². The van der Waals surface area contributed by atoms with Crippen LogP contribution in [0.5, 0.6) is 0 Å². The molecular formula is C12H33NO5Si. The molecule has 0 heterocycles. The average Bonchev–Trinajstić information content (AvgIpc) is 2.32. The van der Waals surface area contributed by atoms with E-state index in [2.05, 4.69) is 34.6 Å². The second kappa shape index (κ2) is 9.81. The van der Waals surface area contributed by atoms with Crippen LogP contribution in [-0.2, 0) is 22.4 Å². The Morgan fingerprint density at radius 3 is 0.895 bits per heavy atom. The highest BCUT2D eigenvalue weighted by molar-refractivity contribution is 6.53. The second-order valence-electron chi connectivity index (χ2n) is 5.28. The van der Waals surface area contributed by atoms with Crippen LogP contribution in [0.4, 0.5) is 0 Å². The van der Waals surface area contributed by atoms with Crippen molar-refractivity contribution in [3.05, 3.63) is 0 Å². The summed E-state index contributed by atoms with van der Waals surface area (Å²) in [4.78, 5) is 0. The lowest BCUT2D eigenvalue weighted by molar-refractivity contribution is -0.0620. The molecule has 0 rings (SSSR count). The molecule has 6 nitrogen and oxygen atoms in total. The SMILES string of the molecule is COC(C)(C)C(C)(C)C.CO[Si](OC)(OC)OC.N. The normalized spacial score (nSPS) is 12.3. The maximum Gasteiger partial charge on any atom is 0.678 e. The Hall–Kier alpha value is -0.0231. The Balaban J connectivity index is -0.000000256. The van der Waals surface area contributed by atoms with Crippen molar-refractivity contribution in [2.45, 2.75) is 40.2 Å². The van der Waals surface area contributed by atoms with Crippen molar-refractivity contribution in [1.29, 1.82) is 0 Å². The first-order valence-corrected chi connectivity index (χ1v) is 7.44. The van der Waals surface area contributed by atoms with E-state index in [0.29, 0.717) is 0 Å². The summed E-state index contributed by atoms with van der Waals surface area (Å²) in [6, 6.07) is 0. The summed E-state index contributed by atoms with van der Waals surface area (Å²) in [7, 11) is 5.02. The fourth-order valence-electron chi connectivity index (χ4n) is 0.806. The smallest absolute Gasteiger partial charge is 0.378 e. The highest BCUT2D eigenvalue weighted by Gasteiger charge is 2.40. The lowest BCUT2D eigenvalue weighted by atomic mass is 9.79. The van der Waals surface area contributed by atoms with Gasteiger partial charge in [0.2, 0.25) is 0 Å². The van der Waals surface area contributed by atoms with Crippen LogP contribution in [0.2, 0.25) is 0 Å². The van der Waals surface area contributed by atoms with E-state index in [4.69, 9.17) is 22.4 Å². The second-order valence-corrected chi connectivity index (χ2v) is 7.91. The van der Waals surface area contributed by atoms with Gasteiger partial charge in [0.15, 0.2) is 0 Å². The third kappa shape index (κ3) is 7.98. The zero-order valence-corrected chi connectivity index (χ0v) is 15.2. The fourth-order valence-corrected chi connectivity index (χ4v) is 1.81. The molecule has 3 N–H and O–H groups in total. The van der Waals surface area contributed by atoms with Gasteiger partial charge in [0, 0.05) is 35.5 Å². The zero-order chi connectivity index (χ0) is 15.0. The number of ether oxygens (including phenoxy) is 1. The van der Waals surface area contributed by atoms with Gasteiger partial charge in [0.1, 0.15) is 0 Å². The van der Waals surface area contributed by atoms with Crippen molar-refractivity contribution in [3.8, 4) is 0 Å². The van der Waals surface area contributed by atoms with Crippen LogP contribution in [0.1, 0.15) is 34.6 Å². The molecule has 0 radical (unpaired) electrons. The van der Waals surface area contributed by atoms with Crippen molar-refractivity contribution in [1.82, 2.24) is 6.15 Å². The van der Waals surface area contributed by atoms with Crippen LogP contribution in [0.15, 0.2) is 0 Å². The van der Waals surface area contributed by atoms with Gasteiger partial charge in [-0.1, -0.05) is 20.8 Å². The van der Waals surface area contributed by atoms with Gasteiger partial charge in [0.25, 0.3) is 0 Å². The van der Waals surface area contributed by atoms with Gasteiger partial charge >= 0.3 is 9.05 Å². The largest absolute Gasteiger partial charge is 0.678 e. The zero-order valence-electron chi connectivity index (χ0n) is 14.2. The molecule has 0 atom stereocenters. The maximum absolute atomic E-state index is 5.30. The maximum atomic E-state index is 5.30. The van der Waals surface area contributed by atoms with E-state index in [1.165, 1.54) is 28.4 Å². The van der Waals surface area contributed by atoms with E-state index in [1.807, 2.05) is 0 Å². The Bertz CT molecular complexity index is 194. The Morgan fingerprint density at radius 2 is 0.895 bits per heavy atom. The molecule has 0 bridgehead atoms. The monoisotopic (exact) mass is 299 g/mol. The van der Waals surface area contributed by atoms with Gasteiger partial charge in [-0.15, -0.1) is 0 Å². The molecule has 0 saturated heterocycles. The molecule has 120 valence electrons. The molecule has 0 aliphatic carbocycles. The van der Waals surface area contributed by atoms with Gasteiger partial charge in [-0.3, -0.25) is 0 Å². The summed E-state index contributed by atoms with van der Waals surface area (Å²) < 4.78 is 24.7. The summed E-state index contributed by atoms with van der Waals surface area (Å²) in [6.07, 6.45) is 0. The highest BCUT2D eigenvalue weighted by atomic mass is 28.4. The molecule has 0 aromatic heterocycles. The number of hydrogen-bond acceptors (Lipinski definition) is 6. The molecule has 0 aromatic carbocycles. The van der Waals surface area contributed by atoms with E-state index in [1.54, 1.807) is 7.11 Å². The first-order chi connectivity index (χ1) is 8.05. The Morgan fingerprint density at radius 1 is 0.632 bits per heavy atom. The molecule has 0 aliphatic rings. The molecule has 0 amide bonds. The predicted molar refractivity (Wildman–Crippen MR) is 79.4 cm³/mol. The van der Waals surface area contributed by atoms with Gasteiger partial charge in [0.05, 0.1) is 5.60 Å². The van der Waals surface area contributed by atoms with Crippen molar-refractivity contribution < 1.29 is 22.4 Å². The minimum atomic E-state index is -2.69. The van der Waals surface area contributed by atoms with E-state index in [9.17, 15) is 0 Å². The molecule has 0 aromatic rings. The summed E-state index contributed by atoms with van der Waals surface area (Å²) >= 11 is 0. The van der Waals surface area contributed by atoms with E-state index in [0.717, 1.165) is 0 Å². The molecule has 0 saturated carbocycles. The number of hydrogen-bond donors (Lipinski definition) is 1. The topological polar surface area (TPSA) is 81.2 Å². The minimum Gasteiger partial charge on any atom is -0.378 e. The summed E-state index contributed by atoms with van der Waals surface area (Å²) in [6.45, 7) is 10.7. The molecule has 0 fully saturated rings. The van der Waals surface area contributed by atoms with Crippen LogP contribution in [0, 0.1) is 5.41 Å². The molecule has 0 spiro atoms. The van der Waals surface area contributed by atoms with Crippen molar-refractivity contribution in [3.63, 3.8) is 0 Å². The third-order valence-electron chi connectivity index (χ3n) is 3.32. The number of methoxy groups -OCH3 is 1. The predicted octanol–water partition coefficient (Wildman–Crippen LogP) is 2.63. The first kappa shape index (κ1) is 24.0. The third-order valence-corrected chi connectivity index (χ3v) is 5.32. The van der Waals surface area contributed by atoms with Crippen LogP contribution >= 0.6 is 0 Å². The first-order valence-electron chi connectivity index (χ1n) is 5.81. The van der Waals surface area contributed by atoms with Crippen LogP contribution < -0.4 is 6.15 Å². The number of rotatable bonds is 5. The van der Waals surface area contributed by atoms with Crippen LogP contribution in [0.25, 0.3) is 0 Å². The molecule has 19 heavy (non-hydrogen) atoms. The average molecular weight is 299 g/mol. The van der Waals surface area contributed by atoms with Gasteiger partial charge < -0.3 is 28.6 Å². The molecule has 7 heteroatoms. The Labute approximate surface area is 119 Å². The Kier molecular flexibility index (Phi) is 12.4. The van der Waals surface area contributed by atoms with Gasteiger partial charge in [-0.2, -0.15) is 0 Å². The van der Waals surface area contributed by atoms with Gasteiger partial charge in [-0.05, 0) is 19.3 Å². The van der Waals surface area contributed by atoms with E-state index < -0.39 is 9.05 Å². The summed E-state index contributed by atoms with van der Waals surface area (Å²) in [5.74, 6) is 0. The van der Waals surface area contributed by atoms with Gasteiger partial charge in [-0.25, -0.2) is 0 Å². The minimum absolute atomic E-state index is 0. The highest BCUT2D eigenvalue weighted by Crippen LogP contribution is 2.31. The fraction of sp³-hybridized carbons (Fsp3) is 1.00. The summed E-state index contributed by atoms with van der Waals surface area (Å²) in [5, 5.41) is 0. The van der Waals surface area contributed by atoms with Crippen molar-refractivity contribution >= 4 is 9.05 Å². The molecular weight excluding hydrogens is 266 g/mol. The quantitative estimate of drug-likeness (QED) is 0.786. The lowest BCUT2D eigenvalue weighted by Crippen LogP contribution is -2.45. The van der Waals surface area contributed by atoms with Crippen molar-refractivity contribution in [2.75, 3.05) is 35.5 Å². The molecule has 0 aliphatic heterocycles. The van der Waals surface area contributed by atoms with Crippen LogP contribution in [-0.4, -0.2) is 50.2 Å². The molecule has 0 unspecified atom stereocenters. The standard InChI is InChI=1S/C8H18O.C4H12O4Si.H3N/c1-7(2,3)8(4,5)9-6;1-5-9(6-2,7-3)8-4;/h1-6H3;1-4H3;1H3. The lowest BCUT2D eigenvalue weighted by Gasteiger charge is -2.37. The van der Waals surface area contributed by atoms with E-state index >= 15 is 0 Å². The summed E-state index contributed by atoms with van der Waals surface area (Å²) in [5.41, 5.74) is 0.203. The van der Waals surface area contributed by atoms with Crippen molar-refractivity contribution in [2.24, 2.45) is 5.41 Å².